The van der Waals surface area contributed by atoms with Gasteiger partial charge in [-0.15, -0.1) is 0 Å². The van der Waals surface area contributed by atoms with Crippen LogP contribution in [0.3, 0.4) is 0 Å². The molecule has 0 saturated carbocycles. The van der Waals surface area contributed by atoms with Crippen LogP contribution < -0.4 is 4.90 Å². The van der Waals surface area contributed by atoms with Gasteiger partial charge in [-0.3, -0.25) is 4.79 Å². The maximum atomic E-state index is 13.2. The van der Waals surface area contributed by atoms with Gasteiger partial charge in [0.1, 0.15) is 0 Å². The summed E-state index contributed by atoms with van der Waals surface area (Å²) in [6.07, 6.45) is 1.46. The summed E-state index contributed by atoms with van der Waals surface area (Å²) < 4.78 is 27.5. The first kappa shape index (κ1) is 21.8. The molecule has 1 amide bonds. The number of aryl methyl sites for hydroxylation is 1. The average Bonchev–Trinajstić information content (AvgIpc) is 2.81. The van der Waals surface area contributed by atoms with Crippen molar-refractivity contribution in [1.82, 2.24) is 9.21 Å². The number of benzene rings is 2. The fourth-order valence-corrected chi connectivity index (χ4v) is 6.15. The van der Waals surface area contributed by atoms with E-state index >= 15 is 0 Å². The minimum Gasteiger partial charge on any atom is -0.368 e. The first-order valence-electron chi connectivity index (χ1n) is 11.0. The third-order valence-corrected chi connectivity index (χ3v) is 8.50. The number of sulfonamides is 1. The van der Waals surface area contributed by atoms with Crippen LogP contribution in [-0.2, 0) is 14.8 Å². The molecular weight excluding hydrogens is 410 g/mol. The number of nitrogens with zero attached hydrogens (tertiary/aromatic N) is 3. The predicted molar refractivity (Wildman–Crippen MR) is 123 cm³/mol. The van der Waals surface area contributed by atoms with E-state index in [9.17, 15) is 13.2 Å². The fourth-order valence-electron chi connectivity index (χ4n) is 4.61. The maximum Gasteiger partial charge on any atom is 0.243 e. The first-order valence-corrected chi connectivity index (χ1v) is 12.5. The molecule has 2 aromatic carbocycles. The zero-order valence-electron chi connectivity index (χ0n) is 18.3. The van der Waals surface area contributed by atoms with Gasteiger partial charge in [0, 0.05) is 45.0 Å². The van der Waals surface area contributed by atoms with E-state index < -0.39 is 10.0 Å². The van der Waals surface area contributed by atoms with E-state index in [0.29, 0.717) is 31.0 Å². The highest BCUT2D eigenvalue weighted by molar-refractivity contribution is 7.89. The molecule has 2 saturated heterocycles. The Morgan fingerprint density at radius 1 is 0.903 bits per heavy atom. The van der Waals surface area contributed by atoms with Gasteiger partial charge in [0.25, 0.3) is 0 Å². The van der Waals surface area contributed by atoms with Gasteiger partial charge in [-0.1, -0.05) is 30.3 Å². The second-order valence-corrected chi connectivity index (χ2v) is 10.5. The molecule has 2 heterocycles. The molecule has 1 atom stereocenters. The molecule has 0 aliphatic carbocycles. The number of rotatable bonds is 4. The van der Waals surface area contributed by atoms with Gasteiger partial charge in [-0.2, -0.15) is 4.31 Å². The van der Waals surface area contributed by atoms with Crippen molar-refractivity contribution in [3.05, 3.63) is 59.7 Å². The van der Waals surface area contributed by atoms with Crippen molar-refractivity contribution in [1.29, 1.82) is 0 Å². The minimum absolute atomic E-state index is 0.0913. The molecule has 0 N–H and O–H groups in total. The van der Waals surface area contributed by atoms with Crippen molar-refractivity contribution in [2.24, 2.45) is 5.92 Å². The zero-order chi connectivity index (χ0) is 22.0. The number of amides is 1. The Bertz CT molecular complexity index is 1030. The number of carbonyl (C=O) groups excluding carboxylic acids is 1. The van der Waals surface area contributed by atoms with Gasteiger partial charge in [-0.05, 0) is 56.0 Å². The molecule has 166 valence electrons. The highest BCUT2D eigenvalue weighted by atomic mass is 32.2. The first-order chi connectivity index (χ1) is 14.9. The Labute approximate surface area is 185 Å². The highest BCUT2D eigenvalue weighted by Gasteiger charge is 2.35. The van der Waals surface area contributed by atoms with Crippen molar-refractivity contribution >= 4 is 21.6 Å². The lowest BCUT2D eigenvalue weighted by molar-refractivity contribution is -0.137. The van der Waals surface area contributed by atoms with E-state index in [2.05, 4.69) is 36.9 Å². The predicted octanol–water partition coefficient (Wildman–Crippen LogP) is 3.05. The van der Waals surface area contributed by atoms with Crippen LogP contribution in [0.4, 0.5) is 5.69 Å². The quantitative estimate of drug-likeness (QED) is 0.732. The van der Waals surface area contributed by atoms with Gasteiger partial charge in [0.15, 0.2) is 0 Å². The SMILES string of the molecule is Cc1cccc(N2CCN(C(=O)[C@@H]3CCCN(S(=O)(=O)c4ccccc4)C3)CC2)c1C. The Kier molecular flexibility index (Phi) is 6.34. The maximum absolute atomic E-state index is 13.2. The van der Waals surface area contributed by atoms with Crippen LogP contribution in [-0.4, -0.2) is 62.8 Å². The fraction of sp³-hybridized carbons (Fsp3) is 0.458. The molecule has 0 bridgehead atoms. The van der Waals surface area contributed by atoms with Crippen molar-refractivity contribution < 1.29 is 13.2 Å². The smallest absolute Gasteiger partial charge is 0.243 e. The molecule has 2 aliphatic heterocycles. The van der Waals surface area contributed by atoms with E-state index in [1.165, 1.54) is 21.1 Å². The summed E-state index contributed by atoms with van der Waals surface area (Å²) in [6, 6.07) is 14.9. The molecule has 31 heavy (non-hydrogen) atoms. The number of anilines is 1. The summed E-state index contributed by atoms with van der Waals surface area (Å²) >= 11 is 0. The Balaban J connectivity index is 1.39. The molecule has 0 aromatic heterocycles. The van der Waals surface area contributed by atoms with Gasteiger partial charge < -0.3 is 9.80 Å². The van der Waals surface area contributed by atoms with Crippen LogP contribution in [0.5, 0.6) is 0 Å². The normalized spacial score (nSPS) is 20.6. The van der Waals surface area contributed by atoms with Gasteiger partial charge in [0.2, 0.25) is 15.9 Å². The zero-order valence-corrected chi connectivity index (χ0v) is 19.1. The second-order valence-electron chi connectivity index (χ2n) is 8.55. The van der Waals surface area contributed by atoms with Crippen LogP contribution in [0.1, 0.15) is 24.0 Å². The number of piperidine rings is 1. The van der Waals surface area contributed by atoms with Crippen LogP contribution in [0, 0.1) is 19.8 Å². The summed E-state index contributed by atoms with van der Waals surface area (Å²) in [5.74, 6) is -0.173. The number of hydrogen-bond acceptors (Lipinski definition) is 4. The van der Waals surface area contributed by atoms with Crippen LogP contribution >= 0.6 is 0 Å². The van der Waals surface area contributed by atoms with Gasteiger partial charge in [-0.25, -0.2) is 8.42 Å². The van der Waals surface area contributed by atoms with Crippen LogP contribution in [0.2, 0.25) is 0 Å². The highest BCUT2D eigenvalue weighted by Crippen LogP contribution is 2.27. The van der Waals surface area contributed by atoms with Gasteiger partial charge in [0.05, 0.1) is 10.8 Å². The molecule has 4 rings (SSSR count). The molecule has 6 nitrogen and oxygen atoms in total. The summed E-state index contributed by atoms with van der Waals surface area (Å²) in [7, 11) is -3.56. The molecular formula is C24H31N3O3S. The van der Waals surface area contributed by atoms with Gasteiger partial charge >= 0.3 is 0 Å². The summed E-state index contributed by atoms with van der Waals surface area (Å²) in [4.78, 5) is 17.8. The van der Waals surface area contributed by atoms with E-state index in [4.69, 9.17) is 0 Å². The third-order valence-electron chi connectivity index (χ3n) is 6.62. The Morgan fingerprint density at radius 3 is 2.32 bits per heavy atom. The molecule has 7 heteroatoms. The average molecular weight is 442 g/mol. The van der Waals surface area contributed by atoms with Crippen LogP contribution in [0.15, 0.2) is 53.4 Å². The lowest BCUT2D eigenvalue weighted by Gasteiger charge is -2.40. The van der Waals surface area contributed by atoms with Crippen molar-refractivity contribution in [2.45, 2.75) is 31.6 Å². The van der Waals surface area contributed by atoms with E-state index in [1.54, 1.807) is 30.3 Å². The molecule has 0 spiro atoms. The lowest BCUT2D eigenvalue weighted by atomic mass is 9.97. The summed E-state index contributed by atoms with van der Waals surface area (Å²) in [6.45, 7) is 7.96. The Morgan fingerprint density at radius 2 is 1.61 bits per heavy atom. The monoisotopic (exact) mass is 441 g/mol. The van der Waals surface area contributed by atoms with Crippen molar-refractivity contribution in [3.8, 4) is 0 Å². The van der Waals surface area contributed by atoms with Crippen LogP contribution in [0.25, 0.3) is 0 Å². The molecule has 0 unspecified atom stereocenters. The lowest BCUT2D eigenvalue weighted by Crippen LogP contribution is -2.53. The number of hydrogen-bond donors (Lipinski definition) is 0. The largest absolute Gasteiger partial charge is 0.368 e. The van der Waals surface area contributed by atoms with E-state index in [1.807, 2.05) is 4.90 Å². The van der Waals surface area contributed by atoms with Crippen molar-refractivity contribution in [2.75, 3.05) is 44.2 Å². The summed E-state index contributed by atoms with van der Waals surface area (Å²) in [5, 5.41) is 0. The van der Waals surface area contributed by atoms with E-state index in [0.717, 1.165) is 19.5 Å². The standard InChI is InChI=1S/C24H31N3O3S/c1-19-8-6-12-23(20(19)2)25-14-16-26(17-15-25)24(28)21-9-7-13-27(18-21)31(29,30)22-10-4-3-5-11-22/h3-6,8,10-12,21H,7,9,13-18H2,1-2H3/t21-/m1/s1. The van der Waals surface area contributed by atoms with E-state index in [-0.39, 0.29) is 18.4 Å². The topological polar surface area (TPSA) is 60.9 Å². The number of piperazine rings is 1. The Hall–Kier alpha value is -2.38. The van der Waals surface area contributed by atoms with Crippen molar-refractivity contribution in [3.63, 3.8) is 0 Å². The molecule has 2 fully saturated rings. The summed E-state index contributed by atoms with van der Waals surface area (Å²) in [5.41, 5.74) is 3.80. The third kappa shape index (κ3) is 4.48. The molecule has 0 radical (unpaired) electrons. The molecule has 2 aliphatic rings. The minimum atomic E-state index is -3.56. The molecule has 2 aromatic rings. The second kappa shape index (κ2) is 9.01. The number of carbonyl (C=O) groups is 1.